The lowest BCUT2D eigenvalue weighted by molar-refractivity contribution is 0.444. The van der Waals surface area contributed by atoms with E-state index in [9.17, 15) is 0 Å². The normalized spacial score (nSPS) is 17.1. The van der Waals surface area contributed by atoms with Gasteiger partial charge in [-0.05, 0) is 36.8 Å². The van der Waals surface area contributed by atoms with E-state index in [0.29, 0.717) is 6.04 Å². The predicted molar refractivity (Wildman–Crippen MR) is 79.4 cm³/mol. The zero-order valence-electron chi connectivity index (χ0n) is 11.1. The van der Waals surface area contributed by atoms with Crippen LogP contribution in [0.4, 0.5) is 0 Å². The molecule has 0 aromatic heterocycles. The van der Waals surface area contributed by atoms with Crippen LogP contribution < -0.4 is 0 Å². The first-order valence-electron chi connectivity index (χ1n) is 7.12. The Balaban J connectivity index is 2.02. The highest BCUT2D eigenvalue weighted by atomic mass is 14.8. The molecule has 0 N–H and O–H groups in total. The number of allylic oxidation sites excluding steroid dienone is 1. The van der Waals surface area contributed by atoms with Crippen molar-refractivity contribution >= 4 is 6.21 Å². The molecule has 0 aliphatic heterocycles. The van der Waals surface area contributed by atoms with Crippen LogP contribution in [0.25, 0.3) is 0 Å². The molecular weight excluding hydrogens is 218 g/mol. The summed E-state index contributed by atoms with van der Waals surface area (Å²) >= 11 is 0. The molecule has 0 spiro atoms. The number of nitrogens with zero attached hydrogens (tertiary/aromatic N) is 1. The van der Waals surface area contributed by atoms with Gasteiger partial charge in [-0.25, -0.2) is 0 Å². The molecule has 0 heterocycles. The van der Waals surface area contributed by atoms with Crippen molar-refractivity contribution in [3.05, 3.63) is 48.0 Å². The topological polar surface area (TPSA) is 12.4 Å². The standard InChI is InChI=1S/C17H23N/c1-2-3-9-15-10-7-8-11-16(15)14-18-17-12-5-4-6-13-17/h2,7-8,10-11,14,17H,1,3-6,9,12-13H2. The van der Waals surface area contributed by atoms with Crippen molar-refractivity contribution in [2.45, 2.75) is 51.0 Å². The van der Waals surface area contributed by atoms with Crippen LogP contribution in [0.1, 0.15) is 49.7 Å². The van der Waals surface area contributed by atoms with Crippen LogP contribution in [-0.4, -0.2) is 12.3 Å². The van der Waals surface area contributed by atoms with E-state index in [4.69, 9.17) is 4.99 Å². The van der Waals surface area contributed by atoms with Crippen LogP contribution in [0, 0.1) is 0 Å². The Morgan fingerprint density at radius 1 is 1.17 bits per heavy atom. The van der Waals surface area contributed by atoms with Crippen LogP contribution in [0.5, 0.6) is 0 Å². The highest BCUT2D eigenvalue weighted by Gasteiger charge is 2.10. The Hall–Kier alpha value is -1.37. The Kier molecular flexibility index (Phi) is 5.19. The van der Waals surface area contributed by atoms with E-state index in [2.05, 4.69) is 37.1 Å². The second kappa shape index (κ2) is 7.15. The van der Waals surface area contributed by atoms with E-state index < -0.39 is 0 Å². The van der Waals surface area contributed by atoms with Gasteiger partial charge in [-0.15, -0.1) is 6.58 Å². The van der Waals surface area contributed by atoms with Crippen molar-refractivity contribution in [1.29, 1.82) is 0 Å². The van der Waals surface area contributed by atoms with Gasteiger partial charge in [0.25, 0.3) is 0 Å². The van der Waals surface area contributed by atoms with E-state index in [1.54, 1.807) is 0 Å². The maximum absolute atomic E-state index is 4.77. The zero-order valence-corrected chi connectivity index (χ0v) is 11.1. The van der Waals surface area contributed by atoms with Crippen LogP contribution in [0.15, 0.2) is 41.9 Å². The Morgan fingerprint density at radius 3 is 2.72 bits per heavy atom. The fourth-order valence-corrected chi connectivity index (χ4v) is 2.56. The molecule has 2 rings (SSSR count). The fourth-order valence-electron chi connectivity index (χ4n) is 2.56. The monoisotopic (exact) mass is 241 g/mol. The minimum Gasteiger partial charge on any atom is -0.289 e. The summed E-state index contributed by atoms with van der Waals surface area (Å²) in [5.74, 6) is 0. The lowest BCUT2D eigenvalue weighted by Crippen LogP contribution is -2.09. The molecule has 1 heteroatoms. The van der Waals surface area contributed by atoms with Crippen molar-refractivity contribution in [3.63, 3.8) is 0 Å². The van der Waals surface area contributed by atoms with Gasteiger partial charge < -0.3 is 0 Å². The zero-order chi connectivity index (χ0) is 12.6. The lowest BCUT2D eigenvalue weighted by Gasteiger charge is -2.17. The average molecular weight is 241 g/mol. The highest BCUT2D eigenvalue weighted by molar-refractivity contribution is 5.81. The second-order valence-corrected chi connectivity index (χ2v) is 5.10. The maximum atomic E-state index is 4.77. The summed E-state index contributed by atoms with van der Waals surface area (Å²) < 4.78 is 0. The molecule has 0 unspecified atom stereocenters. The van der Waals surface area contributed by atoms with Crippen molar-refractivity contribution in [2.75, 3.05) is 0 Å². The lowest BCUT2D eigenvalue weighted by atomic mass is 9.96. The van der Waals surface area contributed by atoms with Gasteiger partial charge in [0.15, 0.2) is 0 Å². The van der Waals surface area contributed by atoms with E-state index in [-0.39, 0.29) is 0 Å². The molecule has 0 saturated heterocycles. The van der Waals surface area contributed by atoms with Gasteiger partial charge in [-0.3, -0.25) is 4.99 Å². The minimum absolute atomic E-state index is 0.561. The Morgan fingerprint density at radius 2 is 1.94 bits per heavy atom. The van der Waals surface area contributed by atoms with Gasteiger partial charge in [0.1, 0.15) is 0 Å². The third-order valence-electron chi connectivity index (χ3n) is 3.67. The summed E-state index contributed by atoms with van der Waals surface area (Å²) in [7, 11) is 0. The molecule has 0 amide bonds. The third kappa shape index (κ3) is 3.83. The van der Waals surface area contributed by atoms with Crippen molar-refractivity contribution < 1.29 is 0 Å². The fraction of sp³-hybridized carbons (Fsp3) is 0.471. The van der Waals surface area contributed by atoms with Gasteiger partial charge in [0.05, 0.1) is 0 Å². The number of aliphatic imine (C=N–C) groups is 1. The molecule has 1 aliphatic carbocycles. The molecule has 1 saturated carbocycles. The molecule has 1 aliphatic rings. The van der Waals surface area contributed by atoms with Crippen LogP contribution >= 0.6 is 0 Å². The summed E-state index contributed by atoms with van der Waals surface area (Å²) in [5, 5.41) is 0. The maximum Gasteiger partial charge on any atom is 0.0499 e. The van der Waals surface area contributed by atoms with Gasteiger partial charge in [-0.2, -0.15) is 0 Å². The Labute approximate surface area is 111 Å². The first-order valence-corrected chi connectivity index (χ1v) is 7.12. The molecule has 1 fully saturated rings. The SMILES string of the molecule is C=CCCc1ccccc1C=NC1CCCCC1. The van der Waals surface area contributed by atoms with Crippen LogP contribution in [0.2, 0.25) is 0 Å². The number of aryl methyl sites for hydroxylation is 1. The Bertz CT molecular complexity index is 400. The number of rotatable bonds is 5. The smallest absolute Gasteiger partial charge is 0.0499 e. The van der Waals surface area contributed by atoms with Gasteiger partial charge in [-0.1, -0.05) is 49.6 Å². The van der Waals surface area contributed by atoms with Gasteiger partial charge in [0.2, 0.25) is 0 Å². The molecular formula is C17H23N. The highest BCUT2D eigenvalue weighted by Crippen LogP contribution is 2.20. The van der Waals surface area contributed by atoms with Crippen molar-refractivity contribution in [2.24, 2.45) is 4.99 Å². The first-order chi connectivity index (χ1) is 8.90. The second-order valence-electron chi connectivity index (χ2n) is 5.10. The van der Waals surface area contributed by atoms with E-state index in [0.717, 1.165) is 12.8 Å². The van der Waals surface area contributed by atoms with Gasteiger partial charge in [0, 0.05) is 12.3 Å². The summed E-state index contributed by atoms with van der Waals surface area (Å²) in [6.45, 7) is 3.79. The van der Waals surface area contributed by atoms with Gasteiger partial charge >= 0.3 is 0 Å². The summed E-state index contributed by atoms with van der Waals surface area (Å²) in [5.41, 5.74) is 2.67. The molecule has 0 bridgehead atoms. The number of hydrogen-bond acceptors (Lipinski definition) is 1. The summed E-state index contributed by atoms with van der Waals surface area (Å²) in [4.78, 5) is 4.77. The van der Waals surface area contributed by atoms with Crippen LogP contribution in [-0.2, 0) is 6.42 Å². The van der Waals surface area contributed by atoms with Crippen molar-refractivity contribution in [1.82, 2.24) is 0 Å². The van der Waals surface area contributed by atoms with E-state index in [1.165, 1.54) is 43.2 Å². The predicted octanol–water partition coefficient (Wildman–Crippen LogP) is 4.56. The molecule has 1 aromatic rings. The molecule has 1 nitrogen and oxygen atoms in total. The van der Waals surface area contributed by atoms with Crippen LogP contribution in [0.3, 0.4) is 0 Å². The van der Waals surface area contributed by atoms with E-state index >= 15 is 0 Å². The third-order valence-corrected chi connectivity index (χ3v) is 3.67. The summed E-state index contributed by atoms with van der Waals surface area (Å²) in [6, 6.07) is 9.14. The summed E-state index contributed by atoms with van der Waals surface area (Å²) in [6.07, 6.45) is 12.8. The number of benzene rings is 1. The molecule has 1 aromatic carbocycles. The quantitative estimate of drug-likeness (QED) is 0.529. The number of hydrogen-bond donors (Lipinski definition) is 0. The minimum atomic E-state index is 0.561. The molecule has 0 atom stereocenters. The molecule has 0 radical (unpaired) electrons. The molecule has 18 heavy (non-hydrogen) atoms. The first kappa shape index (κ1) is 13.1. The molecule has 96 valence electrons. The van der Waals surface area contributed by atoms with E-state index in [1.807, 2.05) is 6.08 Å². The largest absolute Gasteiger partial charge is 0.289 e. The van der Waals surface area contributed by atoms with Crippen molar-refractivity contribution in [3.8, 4) is 0 Å². The average Bonchev–Trinajstić information content (AvgIpc) is 2.45.